The van der Waals surface area contributed by atoms with Crippen LogP contribution in [0.3, 0.4) is 0 Å². The second-order valence-corrected chi connectivity index (χ2v) is 7.03. The highest BCUT2D eigenvalue weighted by atomic mass is 35.5. The van der Waals surface area contributed by atoms with Crippen molar-refractivity contribution >= 4 is 34.8 Å². The summed E-state index contributed by atoms with van der Waals surface area (Å²) in [6, 6.07) is 10.9. The lowest BCUT2D eigenvalue weighted by molar-refractivity contribution is -0.122. The predicted octanol–water partition coefficient (Wildman–Crippen LogP) is 4.18. The molecule has 3 rings (SSSR count). The van der Waals surface area contributed by atoms with Crippen molar-refractivity contribution in [1.29, 1.82) is 0 Å². The molecule has 0 aliphatic heterocycles. The Labute approximate surface area is 157 Å². The molecule has 0 heterocycles. The van der Waals surface area contributed by atoms with Crippen LogP contribution in [0.25, 0.3) is 0 Å². The van der Waals surface area contributed by atoms with Crippen LogP contribution >= 0.6 is 11.6 Å². The van der Waals surface area contributed by atoms with Crippen molar-refractivity contribution in [3.8, 4) is 5.75 Å². The highest BCUT2D eigenvalue weighted by Crippen LogP contribution is 2.41. The number of aryl methyl sites for hydroxylation is 2. The Balaban J connectivity index is 1.63. The number of halogens is 1. The van der Waals surface area contributed by atoms with Crippen LogP contribution < -0.4 is 15.4 Å². The minimum atomic E-state index is -0.334. The molecule has 26 heavy (non-hydrogen) atoms. The Hall–Kier alpha value is -2.53. The summed E-state index contributed by atoms with van der Waals surface area (Å²) in [4.78, 5) is 24.9. The van der Waals surface area contributed by atoms with Crippen LogP contribution in [-0.2, 0) is 9.59 Å². The summed E-state index contributed by atoms with van der Waals surface area (Å²) in [6.07, 6.45) is 0.533. The zero-order valence-electron chi connectivity index (χ0n) is 14.9. The number of hydrogen-bond donors (Lipinski definition) is 2. The average molecular weight is 373 g/mol. The summed E-state index contributed by atoms with van der Waals surface area (Å²) < 4.78 is 5.27. The van der Waals surface area contributed by atoms with E-state index in [4.69, 9.17) is 16.3 Å². The van der Waals surface area contributed by atoms with Crippen molar-refractivity contribution in [2.24, 2.45) is 11.8 Å². The quantitative estimate of drug-likeness (QED) is 0.827. The Kier molecular flexibility index (Phi) is 5.18. The normalized spacial score (nSPS) is 18.2. The van der Waals surface area contributed by atoms with Crippen molar-refractivity contribution in [3.05, 3.63) is 52.5 Å². The standard InChI is InChI=1S/C20H21ClN2O3/c1-11-4-7-18(26-3)17(8-11)23-20(25)15-10-14(15)19(24)22-16-9-13(21)6-5-12(16)2/h4-9,14-15H,10H2,1-3H3,(H,22,24)(H,23,25). The number of amides is 2. The lowest BCUT2D eigenvalue weighted by Crippen LogP contribution is -2.21. The van der Waals surface area contributed by atoms with E-state index in [2.05, 4.69) is 10.6 Å². The Morgan fingerprint density at radius 2 is 1.65 bits per heavy atom. The van der Waals surface area contributed by atoms with Gasteiger partial charge < -0.3 is 15.4 Å². The SMILES string of the molecule is COc1ccc(C)cc1NC(=O)C1CC1C(=O)Nc1cc(Cl)ccc1C. The van der Waals surface area contributed by atoms with Crippen molar-refractivity contribution in [1.82, 2.24) is 0 Å². The van der Waals surface area contributed by atoms with E-state index >= 15 is 0 Å². The molecule has 5 nitrogen and oxygen atoms in total. The molecule has 1 aliphatic rings. The maximum absolute atomic E-state index is 12.5. The molecule has 2 atom stereocenters. The van der Waals surface area contributed by atoms with Gasteiger partial charge in [0.15, 0.2) is 0 Å². The number of carbonyl (C=O) groups excluding carboxylic acids is 2. The number of ether oxygens (including phenoxy) is 1. The fraction of sp³-hybridized carbons (Fsp3) is 0.300. The van der Waals surface area contributed by atoms with E-state index in [1.54, 1.807) is 19.2 Å². The van der Waals surface area contributed by atoms with E-state index in [1.807, 2.05) is 38.1 Å². The molecule has 2 N–H and O–H groups in total. The van der Waals surface area contributed by atoms with Crippen LogP contribution in [0.4, 0.5) is 11.4 Å². The van der Waals surface area contributed by atoms with Gasteiger partial charge >= 0.3 is 0 Å². The summed E-state index contributed by atoms with van der Waals surface area (Å²) in [5.74, 6) is -0.396. The van der Waals surface area contributed by atoms with Gasteiger partial charge in [-0.1, -0.05) is 23.7 Å². The molecule has 6 heteroatoms. The molecule has 0 bridgehead atoms. The first kappa shape index (κ1) is 18.3. The second kappa shape index (κ2) is 7.38. The van der Waals surface area contributed by atoms with Gasteiger partial charge in [0.05, 0.1) is 24.6 Å². The molecule has 0 spiro atoms. The van der Waals surface area contributed by atoms with Crippen molar-refractivity contribution in [3.63, 3.8) is 0 Å². The molecule has 2 amide bonds. The Bertz CT molecular complexity index is 866. The lowest BCUT2D eigenvalue weighted by atomic mass is 10.2. The topological polar surface area (TPSA) is 67.4 Å². The third-order valence-electron chi connectivity index (χ3n) is 4.53. The van der Waals surface area contributed by atoms with E-state index < -0.39 is 0 Å². The van der Waals surface area contributed by atoms with Crippen LogP contribution in [0.1, 0.15) is 17.5 Å². The summed E-state index contributed by atoms with van der Waals surface area (Å²) in [5.41, 5.74) is 3.24. The predicted molar refractivity (Wildman–Crippen MR) is 103 cm³/mol. The van der Waals surface area contributed by atoms with Gasteiger partial charge in [0, 0.05) is 10.7 Å². The Morgan fingerprint density at radius 3 is 2.31 bits per heavy atom. The Morgan fingerprint density at radius 1 is 1.00 bits per heavy atom. The first-order valence-corrected chi connectivity index (χ1v) is 8.79. The molecular formula is C20H21ClN2O3. The average Bonchev–Trinajstić information content (AvgIpc) is 3.39. The summed E-state index contributed by atoms with van der Waals surface area (Å²) in [6.45, 7) is 3.84. The molecule has 0 radical (unpaired) electrons. The third kappa shape index (κ3) is 3.99. The first-order chi connectivity index (χ1) is 12.4. The van der Waals surface area contributed by atoms with Gasteiger partial charge in [0.1, 0.15) is 5.75 Å². The molecule has 1 aliphatic carbocycles. The van der Waals surface area contributed by atoms with Gasteiger partial charge in [-0.05, 0) is 55.7 Å². The van der Waals surface area contributed by atoms with E-state index in [0.717, 1.165) is 11.1 Å². The van der Waals surface area contributed by atoms with E-state index in [1.165, 1.54) is 0 Å². The molecule has 0 aromatic heterocycles. The van der Waals surface area contributed by atoms with Crippen molar-refractivity contribution in [2.75, 3.05) is 17.7 Å². The number of anilines is 2. The van der Waals surface area contributed by atoms with Crippen LogP contribution in [-0.4, -0.2) is 18.9 Å². The monoisotopic (exact) mass is 372 g/mol. The molecule has 1 fully saturated rings. The molecule has 1 saturated carbocycles. The van der Waals surface area contributed by atoms with Crippen molar-refractivity contribution < 1.29 is 14.3 Å². The minimum absolute atomic E-state index is 0.160. The second-order valence-electron chi connectivity index (χ2n) is 6.59. The highest BCUT2D eigenvalue weighted by Gasteiger charge is 2.48. The molecule has 2 unspecified atom stereocenters. The number of nitrogens with one attached hydrogen (secondary N) is 2. The zero-order valence-corrected chi connectivity index (χ0v) is 15.7. The fourth-order valence-corrected chi connectivity index (χ4v) is 3.05. The van der Waals surface area contributed by atoms with Crippen LogP contribution in [0.5, 0.6) is 5.75 Å². The number of rotatable bonds is 5. The maximum atomic E-state index is 12.5. The first-order valence-electron chi connectivity index (χ1n) is 8.41. The smallest absolute Gasteiger partial charge is 0.228 e. The summed E-state index contributed by atoms with van der Waals surface area (Å²) in [5, 5.41) is 6.29. The van der Waals surface area contributed by atoms with Gasteiger partial charge in [-0.25, -0.2) is 0 Å². The summed E-state index contributed by atoms with van der Waals surface area (Å²) >= 11 is 5.98. The number of benzene rings is 2. The van der Waals surface area contributed by atoms with Crippen LogP contribution in [0.2, 0.25) is 5.02 Å². The molecular weight excluding hydrogens is 352 g/mol. The van der Waals surface area contributed by atoms with Crippen LogP contribution in [0, 0.1) is 25.7 Å². The molecule has 136 valence electrons. The van der Waals surface area contributed by atoms with Crippen LogP contribution in [0.15, 0.2) is 36.4 Å². The van der Waals surface area contributed by atoms with E-state index in [0.29, 0.717) is 28.6 Å². The maximum Gasteiger partial charge on any atom is 0.228 e. The van der Waals surface area contributed by atoms with E-state index in [9.17, 15) is 9.59 Å². The largest absolute Gasteiger partial charge is 0.495 e. The zero-order chi connectivity index (χ0) is 18.8. The van der Waals surface area contributed by atoms with Gasteiger partial charge in [-0.15, -0.1) is 0 Å². The van der Waals surface area contributed by atoms with Gasteiger partial charge in [0.2, 0.25) is 11.8 Å². The number of carbonyl (C=O) groups is 2. The summed E-state index contributed by atoms with van der Waals surface area (Å²) in [7, 11) is 1.56. The number of methoxy groups -OCH3 is 1. The molecule has 2 aromatic rings. The molecule has 0 saturated heterocycles. The lowest BCUT2D eigenvalue weighted by Gasteiger charge is -2.11. The third-order valence-corrected chi connectivity index (χ3v) is 4.77. The fourth-order valence-electron chi connectivity index (χ4n) is 2.87. The number of hydrogen-bond acceptors (Lipinski definition) is 3. The van der Waals surface area contributed by atoms with Gasteiger partial charge in [-0.3, -0.25) is 9.59 Å². The van der Waals surface area contributed by atoms with Gasteiger partial charge in [0.25, 0.3) is 0 Å². The highest BCUT2D eigenvalue weighted by molar-refractivity contribution is 6.31. The van der Waals surface area contributed by atoms with Gasteiger partial charge in [-0.2, -0.15) is 0 Å². The minimum Gasteiger partial charge on any atom is -0.495 e. The van der Waals surface area contributed by atoms with Crippen molar-refractivity contribution in [2.45, 2.75) is 20.3 Å². The van der Waals surface area contributed by atoms with E-state index in [-0.39, 0.29) is 23.7 Å². The molecule has 2 aromatic carbocycles.